The van der Waals surface area contributed by atoms with Gasteiger partial charge in [0.1, 0.15) is 11.6 Å². The summed E-state index contributed by atoms with van der Waals surface area (Å²) in [7, 11) is 0. The Bertz CT molecular complexity index is 747. The third kappa shape index (κ3) is 8.48. The van der Waals surface area contributed by atoms with Crippen LogP contribution >= 0.6 is 0 Å². The van der Waals surface area contributed by atoms with Crippen molar-refractivity contribution in [3.63, 3.8) is 0 Å². The number of benzene rings is 1. The van der Waals surface area contributed by atoms with Gasteiger partial charge < -0.3 is 20.5 Å². The van der Waals surface area contributed by atoms with Gasteiger partial charge in [0.2, 0.25) is 5.88 Å². The summed E-state index contributed by atoms with van der Waals surface area (Å²) < 4.78 is 18.7. The molecular formula is C22H31FN4O2. The number of hydrogen-bond donors (Lipinski definition) is 3. The van der Waals surface area contributed by atoms with Crippen LogP contribution in [-0.2, 0) is 6.54 Å². The van der Waals surface area contributed by atoms with Crippen LogP contribution in [0.15, 0.2) is 47.6 Å². The Balaban J connectivity index is 1.97. The van der Waals surface area contributed by atoms with Crippen molar-refractivity contribution < 1.29 is 14.2 Å². The van der Waals surface area contributed by atoms with Gasteiger partial charge in [0.05, 0.1) is 6.54 Å². The van der Waals surface area contributed by atoms with E-state index in [9.17, 15) is 9.50 Å². The zero-order chi connectivity index (χ0) is 20.9. The zero-order valence-electron chi connectivity index (χ0n) is 17.2. The summed E-state index contributed by atoms with van der Waals surface area (Å²) in [5.41, 5.74) is 0.954. The molecule has 0 aliphatic rings. The predicted octanol–water partition coefficient (Wildman–Crippen LogP) is 3.87. The first-order valence-corrected chi connectivity index (χ1v) is 10.2. The summed E-state index contributed by atoms with van der Waals surface area (Å²) in [5, 5.41) is 15.8. The van der Waals surface area contributed by atoms with Gasteiger partial charge in [-0.05, 0) is 61.6 Å². The van der Waals surface area contributed by atoms with Crippen LogP contribution < -0.4 is 15.4 Å². The Morgan fingerprint density at radius 1 is 1.17 bits per heavy atom. The number of aromatic nitrogens is 1. The van der Waals surface area contributed by atoms with Crippen molar-refractivity contribution in [1.82, 2.24) is 15.6 Å². The molecule has 6 nitrogen and oxygen atoms in total. The number of aliphatic hydroxyl groups excluding tert-OH is 1. The number of nitrogens with zero attached hydrogens (tertiary/aromatic N) is 2. The van der Waals surface area contributed by atoms with Gasteiger partial charge in [-0.15, -0.1) is 0 Å². The molecule has 2 aromatic rings. The summed E-state index contributed by atoms with van der Waals surface area (Å²) in [4.78, 5) is 8.84. The van der Waals surface area contributed by atoms with Crippen LogP contribution in [-0.4, -0.2) is 35.7 Å². The van der Waals surface area contributed by atoms with E-state index < -0.39 is 0 Å². The number of hydrogen-bond acceptors (Lipinski definition) is 4. The van der Waals surface area contributed by atoms with Crippen molar-refractivity contribution >= 4 is 5.96 Å². The zero-order valence-corrected chi connectivity index (χ0v) is 17.2. The quantitative estimate of drug-likeness (QED) is 0.393. The number of ether oxygens (including phenoxy) is 1. The van der Waals surface area contributed by atoms with Crippen molar-refractivity contribution in [2.24, 2.45) is 10.9 Å². The minimum atomic E-state index is -0.308. The monoisotopic (exact) mass is 402 g/mol. The molecule has 0 fully saturated rings. The number of aliphatic hydroxyl groups is 1. The fraction of sp³-hybridized carbons (Fsp3) is 0.455. The summed E-state index contributed by atoms with van der Waals surface area (Å²) in [5.74, 6) is 1.82. The molecule has 3 N–H and O–H groups in total. The van der Waals surface area contributed by atoms with Gasteiger partial charge in [0, 0.05) is 32.0 Å². The van der Waals surface area contributed by atoms with E-state index in [0.717, 1.165) is 43.9 Å². The van der Waals surface area contributed by atoms with Gasteiger partial charge in [-0.2, -0.15) is 0 Å². The highest BCUT2D eigenvalue weighted by Gasteiger charge is 2.08. The van der Waals surface area contributed by atoms with E-state index in [1.807, 2.05) is 19.1 Å². The minimum Gasteiger partial charge on any atom is -0.439 e. The molecule has 1 aromatic carbocycles. The van der Waals surface area contributed by atoms with Crippen LogP contribution in [0.2, 0.25) is 0 Å². The van der Waals surface area contributed by atoms with Crippen molar-refractivity contribution in [1.29, 1.82) is 0 Å². The van der Waals surface area contributed by atoms with Gasteiger partial charge in [0.15, 0.2) is 5.96 Å². The van der Waals surface area contributed by atoms with Crippen molar-refractivity contribution in [2.75, 3.05) is 19.7 Å². The standard InChI is InChI=1S/C22H31FN4O2/c1-3-5-17(11-13-28)15-26-22(24-4-2)27-16-18-10-12-25-21(14-18)29-20-8-6-19(23)7-9-20/h6-10,12,14,17,28H,3-5,11,13,15-16H2,1-2H3,(H2,24,26,27). The lowest BCUT2D eigenvalue weighted by Crippen LogP contribution is -2.40. The maximum absolute atomic E-state index is 13.0. The highest BCUT2D eigenvalue weighted by Crippen LogP contribution is 2.20. The highest BCUT2D eigenvalue weighted by molar-refractivity contribution is 5.79. The molecule has 0 amide bonds. The van der Waals surface area contributed by atoms with Crippen molar-refractivity contribution in [2.45, 2.75) is 39.7 Å². The Labute approximate surface area is 172 Å². The van der Waals surface area contributed by atoms with E-state index in [4.69, 9.17) is 4.74 Å². The molecular weight excluding hydrogens is 371 g/mol. The SMILES string of the molecule is CCCC(CCO)CNC(=NCc1ccnc(Oc2ccc(F)cc2)c1)NCC. The topological polar surface area (TPSA) is 78.8 Å². The molecule has 0 bridgehead atoms. The lowest BCUT2D eigenvalue weighted by Gasteiger charge is -2.18. The maximum Gasteiger partial charge on any atom is 0.219 e. The first kappa shape index (κ1) is 22.6. The van der Waals surface area contributed by atoms with Crippen molar-refractivity contribution in [3.05, 3.63) is 54.0 Å². The van der Waals surface area contributed by atoms with E-state index in [0.29, 0.717) is 24.1 Å². The van der Waals surface area contributed by atoms with Crippen LogP contribution in [0.5, 0.6) is 11.6 Å². The molecule has 1 unspecified atom stereocenters. The number of nitrogens with one attached hydrogen (secondary N) is 2. The van der Waals surface area contributed by atoms with Gasteiger partial charge in [0.25, 0.3) is 0 Å². The first-order chi connectivity index (χ1) is 14.1. The Kier molecular flexibility index (Phi) is 9.92. The Hall–Kier alpha value is -2.67. The Morgan fingerprint density at radius 2 is 1.97 bits per heavy atom. The molecule has 1 aromatic heterocycles. The molecule has 0 spiro atoms. The lowest BCUT2D eigenvalue weighted by atomic mass is 10.0. The molecule has 7 heteroatoms. The number of halogens is 1. The highest BCUT2D eigenvalue weighted by atomic mass is 19.1. The number of guanidine groups is 1. The Morgan fingerprint density at radius 3 is 2.66 bits per heavy atom. The fourth-order valence-electron chi connectivity index (χ4n) is 2.92. The van der Waals surface area contributed by atoms with Gasteiger partial charge in [-0.3, -0.25) is 0 Å². The smallest absolute Gasteiger partial charge is 0.219 e. The molecule has 0 aliphatic heterocycles. The fourth-order valence-corrected chi connectivity index (χ4v) is 2.92. The van der Waals surface area contributed by atoms with Crippen molar-refractivity contribution in [3.8, 4) is 11.6 Å². The third-order valence-electron chi connectivity index (χ3n) is 4.39. The summed E-state index contributed by atoms with van der Waals surface area (Å²) in [6.45, 7) is 6.38. The van der Waals surface area contributed by atoms with Crippen LogP contribution in [0, 0.1) is 11.7 Å². The van der Waals surface area contributed by atoms with E-state index in [1.54, 1.807) is 18.3 Å². The van der Waals surface area contributed by atoms with Crippen LogP contribution in [0.25, 0.3) is 0 Å². The molecule has 0 saturated heterocycles. The van der Waals surface area contributed by atoms with E-state index in [1.165, 1.54) is 12.1 Å². The second-order valence-corrected chi connectivity index (χ2v) is 6.80. The molecule has 0 saturated carbocycles. The molecule has 158 valence electrons. The van der Waals surface area contributed by atoms with E-state index >= 15 is 0 Å². The minimum absolute atomic E-state index is 0.202. The molecule has 0 aliphatic carbocycles. The van der Waals surface area contributed by atoms with E-state index in [-0.39, 0.29) is 12.4 Å². The summed E-state index contributed by atoms with van der Waals surface area (Å²) in [6, 6.07) is 9.53. The first-order valence-electron chi connectivity index (χ1n) is 10.2. The predicted molar refractivity (Wildman–Crippen MR) is 114 cm³/mol. The van der Waals surface area contributed by atoms with E-state index in [2.05, 4.69) is 27.5 Å². The molecule has 2 rings (SSSR count). The molecule has 1 atom stereocenters. The third-order valence-corrected chi connectivity index (χ3v) is 4.39. The average molecular weight is 403 g/mol. The van der Waals surface area contributed by atoms with Crippen LogP contribution in [0.1, 0.15) is 38.7 Å². The van der Waals surface area contributed by atoms with Gasteiger partial charge in [-0.25, -0.2) is 14.4 Å². The van der Waals surface area contributed by atoms with Crippen LogP contribution in [0.4, 0.5) is 4.39 Å². The number of aliphatic imine (C=N–C) groups is 1. The maximum atomic E-state index is 13.0. The van der Waals surface area contributed by atoms with Crippen LogP contribution in [0.3, 0.4) is 0 Å². The second kappa shape index (κ2) is 12.7. The van der Waals surface area contributed by atoms with Gasteiger partial charge >= 0.3 is 0 Å². The largest absolute Gasteiger partial charge is 0.439 e. The summed E-state index contributed by atoms with van der Waals surface area (Å²) >= 11 is 0. The second-order valence-electron chi connectivity index (χ2n) is 6.80. The average Bonchev–Trinajstić information content (AvgIpc) is 2.72. The number of rotatable bonds is 11. The molecule has 29 heavy (non-hydrogen) atoms. The van der Waals surface area contributed by atoms with Gasteiger partial charge in [-0.1, -0.05) is 13.3 Å². The normalized spacial score (nSPS) is 12.5. The summed E-state index contributed by atoms with van der Waals surface area (Å²) in [6.07, 6.45) is 4.62. The number of pyridine rings is 1. The molecule has 1 heterocycles. The molecule has 0 radical (unpaired) electrons. The lowest BCUT2D eigenvalue weighted by molar-refractivity contribution is 0.251.